The summed E-state index contributed by atoms with van der Waals surface area (Å²) < 4.78 is 131. The van der Waals surface area contributed by atoms with E-state index in [1.165, 1.54) is 0 Å². The number of para-hydroxylation sites is 1. The highest BCUT2D eigenvalue weighted by Crippen LogP contribution is 2.51. The zero-order chi connectivity index (χ0) is 35.6. The monoisotopic (exact) mass is 713 g/mol. The van der Waals surface area contributed by atoms with E-state index in [9.17, 15) is 49.1 Å². The number of piperidine rings is 1. The zero-order valence-electron chi connectivity index (χ0n) is 25.6. The van der Waals surface area contributed by atoms with E-state index in [2.05, 4.69) is 11.9 Å². The van der Waals surface area contributed by atoms with Gasteiger partial charge >= 0.3 is 12.4 Å². The molecule has 0 radical (unpaired) electrons. The summed E-state index contributed by atoms with van der Waals surface area (Å²) in [6.07, 6.45) is -12.2. The van der Waals surface area contributed by atoms with Crippen molar-refractivity contribution in [2.75, 3.05) is 22.7 Å². The van der Waals surface area contributed by atoms with Crippen molar-refractivity contribution in [1.82, 2.24) is 4.90 Å². The van der Waals surface area contributed by atoms with Crippen LogP contribution in [0.3, 0.4) is 0 Å². The van der Waals surface area contributed by atoms with Crippen LogP contribution in [0.5, 0.6) is 0 Å². The van der Waals surface area contributed by atoms with Gasteiger partial charge in [0, 0.05) is 49.2 Å². The lowest BCUT2D eigenvalue weighted by molar-refractivity contribution is -0.376. The van der Waals surface area contributed by atoms with Crippen molar-refractivity contribution in [2.45, 2.75) is 66.6 Å². The average Bonchev–Trinajstić information content (AvgIpc) is 3.03. The maximum atomic E-state index is 14.0. The number of nitrogens with one attached hydrogen (secondary N) is 1. The molecule has 1 saturated heterocycles. The predicted octanol–water partition coefficient (Wildman–Crippen LogP) is 6.47. The van der Waals surface area contributed by atoms with Crippen LogP contribution in [0.4, 0.5) is 42.1 Å². The Bertz CT molecular complexity index is 1880. The summed E-state index contributed by atoms with van der Waals surface area (Å²) in [4.78, 5) is 14.9. The summed E-state index contributed by atoms with van der Waals surface area (Å²) in [5, 5.41) is 13.1. The van der Waals surface area contributed by atoms with Crippen molar-refractivity contribution in [3.8, 4) is 0 Å². The Morgan fingerprint density at radius 3 is 2.24 bits per heavy atom. The van der Waals surface area contributed by atoms with Crippen molar-refractivity contribution < 1.29 is 53.8 Å². The number of halogens is 7. The number of anilines is 2. The molecule has 1 amide bonds. The van der Waals surface area contributed by atoms with E-state index in [0.29, 0.717) is 30.9 Å². The van der Waals surface area contributed by atoms with Gasteiger partial charge in [0.2, 0.25) is 5.91 Å². The third-order valence-corrected chi connectivity index (χ3v) is 11.2. The van der Waals surface area contributed by atoms with Crippen LogP contribution in [0.15, 0.2) is 84.1 Å². The first-order valence-corrected chi connectivity index (χ1v) is 16.6. The van der Waals surface area contributed by atoms with Crippen molar-refractivity contribution in [3.63, 3.8) is 0 Å². The van der Waals surface area contributed by atoms with Crippen molar-refractivity contribution in [2.24, 2.45) is 0 Å². The van der Waals surface area contributed by atoms with Gasteiger partial charge in [-0.1, -0.05) is 30.3 Å². The normalized spacial score (nSPS) is 19.5. The molecular weight excluding hydrogens is 683 g/mol. The first-order valence-electron chi connectivity index (χ1n) is 15.2. The van der Waals surface area contributed by atoms with E-state index >= 15 is 0 Å². The first-order chi connectivity index (χ1) is 22.9. The molecule has 3 aliphatic heterocycles. The second-order valence-corrected chi connectivity index (χ2v) is 14.1. The lowest BCUT2D eigenvalue weighted by Crippen LogP contribution is -2.54. The Morgan fingerprint density at radius 2 is 1.61 bits per heavy atom. The summed E-state index contributed by atoms with van der Waals surface area (Å²) in [6.45, 7) is 4.38. The van der Waals surface area contributed by atoms with Crippen LogP contribution < -0.4 is 9.62 Å². The van der Waals surface area contributed by atoms with E-state index < -0.39 is 61.8 Å². The standard InChI is InChI=1S/C33H30F7N3O5S/c1-20-41-27-5-3-2-4-26(27)30(48-20)14-16-42(17-15-30)29(44)19-24-10-6-21-18-22(31(45,32(35,36)37)33(38,39)40)7-13-28(21)43(24)49(46,47)25-11-8-23(34)9-12-25/h2-5,7-9,11-13,18,24,41,45H,1,6,10,14-17,19H2/t24-/m0/s1. The number of fused-ring (bicyclic) bond motifs is 3. The van der Waals surface area contributed by atoms with E-state index in [0.717, 1.165) is 45.9 Å². The maximum Gasteiger partial charge on any atom is 0.430 e. The van der Waals surface area contributed by atoms with Crippen LogP contribution in [-0.4, -0.2) is 55.8 Å². The molecule has 2 N–H and O–H groups in total. The fourth-order valence-electron chi connectivity index (χ4n) is 6.86. The molecule has 49 heavy (non-hydrogen) atoms. The number of carbonyl (C=O) groups excluding carboxylic acids is 1. The average molecular weight is 714 g/mol. The molecule has 0 saturated carbocycles. The Labute approximate surface area is 276 Å². The van der Waals surface area contributed by atoms with Gasteiger partial charge in [-0.15, -0.1) is 0 Å². The van der Waals surface area contributed by atoms with Crippen LogP contribution in [0.25, 0.3) is 0 Å². The number of hydrogen-bond acceptors (Lipinski definition) is 6. The summed E-state index contributed by atoms with van der Waals surface area (Å²) in [7, 11) is -4.63. The van der Waals surface area contributed by atoms with Crippen LogP contribution >= 0.6 is 0 Å². The van der Waals surface area contributed by atoms with E-state index in [-0.39, 0.29) is 43.6 Å². The topological polar surface area (TPSA) is 99.2 Å². The quantitative estimate of drug-likeness (QED) is 0.295. The molecule has 3 aliphatic rings. The van der Waals surface area contributed by atoms with Gasteiger partial charge in [-0.2, -0.15) is 26.3 Å². The fourth-order valence-corrected chi connectivity index (χ4v) is 8.57. The SMILES string of the molecule is C=C1Nc2ccccc2C2(CCN(C(=O)C[C@@H]3CCc4cc(C(O)(C(F)(F)F)C(F)(F)F)ccc4N3S(=O)(=O)c3ccc(F)cc3)CC2)O1. The van der Waals surface area contributed by atoms with Crippen LogP contribution in [0.2, 0.25) is 0 Å². The van der Waals surface area contributed by atoms with Crippen molar-refractivity contribution in [3.05, 3.63) is 102 Å². The molecule has 0 aromatic heterocycles. The van der Waals surface area contributed by atoms with E-state index in [4.69, 9.17) is 4.74 Å². The lowest BCUT2D eigenvalue weighted by atomic mass is 9.82. The van der Waals surface area contributed by atoms with Crippen LogP contribution in [-0.2, 0) is 37.2 Å². The number of rotatable bonds is 5. The lowest BCUT2D eigenvalue weighted by Gasteiger charge is -2.46. The molecule has 1 fully saturated rings. The molecule has 1 spiro atoms. The highest BCUT2D eigenvalue weighted by Gasteiger charge is 2.71. The Kier molecular flexibility index (Phi) is 8.41. The Morgan fingerprint density at radius 1 is 0.980 bits per heavy atom. The van der Waals surface area contributed by atoms with Crippen molar-refractivity contribution >= 4 is 27.3 Å². The summed E-state index contributed by atoms with van der Waals surface area (Å²) in [6, 6.07) is 11.7. The number of aryl methyl sites for hydroxylation is 1. The molecule has 3 aromatic carbocycles. The number of benzene rings is 3. The number of amides is 1. The summed E-state index contributed by atoms with van der Waals surface area (Å²) in [5.41, 5.74) is -6.26. The van der Waals surface area contributed by atoms with E-state index in [1.807, 2.05) is 24.3 Å². The highest BCUT2D eigenvalue weighted by molar-refractivity contribution is 7.92. The van der Waals surface area contributed by atoms with Gasteiger partial charge in [-0.3, -0.25) is 9.10 Å². The number of hydrogen-bond donors (Lipinski definition) is 2. The fraction of sp³-hybridized carbons (Fsp3) is 0.364. The maximum absolute atomic E-state index is 14.0. The molecule has 0 bridgehead atoms. The molecule has 3 heterocycles. The molecule has 262 valence electrons. The number of nitrogens with zero attached hydrogens (tertiary/aromatic N) is 2. The Balaban J connectivity index is 1.31. The molecule has 3 aromatic rings. The zero-order valence-corrected chi connectivity index (χ0v) is 26.4. The molecular formula is C33H30F7N3O5S. The smallest absolute Gasteiger partial charge is 0.430 e. The van der Waals surface area contributed by atoms with E-state index in [1.54, 1.807) is 4.90 Å². The van der Waals surface area contributed by atoms with Crippen molar-refractivity contribution in [1.29, 1.82) is 0 Å². The number of carbonyl (C=O) groups is 1. The molecule has 0 unspecified atom stereocenters. The van der Waals surface area contributed by atoms with Gasteiger partial charge in [-0.05, 0) is 61.4 Å². The molecule has 6 rings (SSSR count). The summed E-state index contributed by atoms with van der Waals surface area (Å²) in [5.74, 6) is -0.823. The third-order valence-electron chi connectivity index (χ3n) is 9.35. The minimum Gasteiger partial charge on any atom is -0.468 e. The van der Waals surface area contributed by atoms with Crippen LogP contribution in [0.1, 0.15) is 42.4 Å². The van der Waals surface area contributed by atoms with Gasteiger partial charge in [0.05, 0.1) is 16.6 Å². The van der Waals surface area contributed by atoms with Gasteiger partial charge in [0.15, 0.2) is 5.88 Å². The number of likely N-dealkylation sites (tertiary alicyclic amines) is 1. The number of alkyl halides is 6. The number of aliphatic hydroxyl groups is 1. The number of ether oxygens (including phenoxy) is 1. The van der Waals surface area contributed by atoms with Gasteiger partial charge < -0.3 is 20.1 Å². The first kappa shape index (κ1) is 34.5. The second kappa shape index (κ2) is 11.9. The Hall–Kier alpha value is -4.31. The molecule has 8 nitrogen and oxygen atoms in total. The predicted molar refractivity (Wildman–Crippen MR) is 163 cm³/mol. The largest absolute Gasteiger partial charge is 0.468 e. The van der Waals surface area contributed by atoms with Gasteiger partial charge in [0.25, 0.3) is 15.6 Å². The highest BCUT2D eigenvalue weighted by atomic mass is 32.2. The van der Waals surface area contributed by atoms with Gasteiger partial charge in [0.1, 0.15) is 11.4 Å². The second-order valence-electron chi connectivity index (χ2n) is 12.3. The molecule has 1 atom stereocenters. The molecule has 16 heteroatoms. The van der Waals surface area contributed by atoms with Gasteiger partial charge in [-0.25, -0.2) is 12.8 Å². The summed E-state index contributed by atoms with van der Waals surface area (Å²) >= 11 is 0. The van der Waals surface area contributed by atoms with Crippen LogP contribution in [0, 0.1) is 5.82 Å². The third kappa shape index (κ3) is 5.87. The minimum absolute atomic E-state index is 0.154. The number of sulfonamides is 1. The minimum atomic E-state index is -6.15. The molecule has 0 aliphatic carbocycles.